The summed E-state index contributed by atoms with van der Waals surface area (Å²) < 4.78 is 7.71. The van der Waals surface area contributed by atoms with Crippen molar-refractivity contribution in [1.29, 1.82) is 0 Å². The maximum atomic E-state index is 5.84. The van der Waals surface area contributed by atoms with Gasteiger partial charge in [-0.2, -0.15) is 0 Å². The summed E-state index contributed by atoms with van der Waals surface area (Å²) in [7, 11) is 0. The van der Waals surface area contributed by atoms with E-state index in [1.54, 1.807) is 0 Å². The van der Waals surface area contributed by atoms with Gasteiger partial charge in [0.05, 0.1) is 17.6 Å². The van der Waals surface area contributed by atoms with E-state index in [9.17, 15) is 0 Å². The maximum Gasteiger partial charge on any atom is 0.115 e. The molecule has 0 radical (unpaired) electrons. The molecule has 0 saturated carbocycles. The fourth-order valence-electron chi connectivity index (χ4n) is 2.25. The van der Waals surface area contributed by atoms with E-state index in [-0.39, 0.29) is 5.41 Å². The molecule has 0 spiro atoms. The number of rotatable bonds is 4. The standard InChI is InChI=1S/C15H23N3O/c1-5-19-9-8-18-13-7-6-11(16)10-12(13)17-14(18)15(2,3)4/h6-7,10H,5,8-9,16H2,1-4H3. The Morgan fingerprint density at radius 2 is 2.05 bits per heavy atom. The molecule has 0 unspecified atom stereocenters. The van der Waals surface area contributed by atoms with E-state index < -0.39 is 0 Å². The van der Waals surface area contributed by atoms with Crippen LogP contribution in [0.1, 0.15) is 33.5 Å². The zero-order valence-electron chi connectivity index (χ0n) is 12.2. The van der Waals surface area contributed by atoms with E-state index in [0.29, 0.717) is 6.61 Å². The van der Waals surface area contributed by atoms with Gasteiger partial charge < -0.3 is 15.0 Å². The Labute approximate surface area is 114 Å². The number of ether oxygens (including phenoxy) is 1. The number of hydrogen-bond acceptors (Lipinski definition) is 3. The molecular formula is C15H23N3O. The lowest BCUT2D eigenvalue weighted by atomic mass is 9.95. The summed E-state index contributed by atoms with van der Waals surface area (Å²) in [5.41, 5.74) is 8.68. The highest BCUT2D eigenvalue weighted by atomic mass is 16.5. The molecule has 1 aromatic carbocycles. The molecular weight excluding hydrogens is 238 g/mol. The molecule has 4 heteroatoms. The molecule has 1 heterocycles. The van der Waals surface area contributed by atoms with E-state index in [4.69, 9.17) is 15.5 Å². The van der Waals surface area contributed by atoms with Gasteiger partial charge in [0.15, 0.2) is 0 Å². The predicted octanol–water partition coefficient (Wildman–Crippen LogP) is 2.95. The molecule has 0 saturated heterocycles. The molecule has 104 valence electrons. The van der Waals surface area contributed by atoms with Gasteiger partial charge in [-0.1, -0.05) is 20.8 Å². The van der Waals surface area contributed by atoms with Crippen molar-refractivity contribution in [1.82, 2.24) is 9.55 Å². The van der Waals surface area contributed by atoms with Crippen LogP contribution in [0, 0.1) is 0 Å². The summed E-state index contributed by atoms with van der Waals surface area (Å²) >= 11 is 0. The number of hydrogen-bond donors (Lipinski definition) is 1. The number of imidazole rings is 1. The van der Waals surface area contributed by atoms with Gasteiger partial charge in [-0.3, -0.25) is 0 Å². The fraction of sp³-hybridized carbons (Fsp3) is 0.533. The number of benzene rings is 1. The first-order valence-electron chi connectivity index (χ1n) is 6.77. The summed E-state index contributed by atoms with van der Waals surface area (Å²) in [4.78, 5) is 4.75. The van der Waals surface area contributed by atoms with Gasteiger partial charge in [-0.05, 0) is 25.1 Å². The number of nitrogen functional groups attached to an aromatic ring is 1. The molecule has 2 N–H and O–H groups in total. The minimum atomic E-state index is -0.00000342. The van der Waals surface area contributed by atoms with E-state index in [1.165, 1.54) is 0 Å². The summed E-state index contributed by atoms with van der Waals surface area (Å²) in [6.45, 7) is 10.8. The van der Waals surface area contributed by atoms with E-state index in [2.05, 4.69) is 25.3 Å². The largest absolute Gasteiger partial charge is 0.399 e. The van der Waals surface area contributed by atoms with Crippen LogP contribution in [0.4, 0.5) is 5.69 Å². The molecule has 19 heavy (non-hydrogen) atoms. The first-order chi connectivity index (χ1) is 8.93. The summed E-state index contributed by atoms with van der Waals surface area (Å²) in [5, 5.41) is 0. The number of nitrogens with zero attached hydrogens (tertiary/aromatic N) is 2. The van der Waals surface area contributed by atoms with E-state index in [0.717, 1.165) is 35.7 Å². The number of aromatic nitrogens is 2. The van der Waals surface area contributed by atoms with Crippen LogP contribution in [0.3, 0.4) is 0 Å². The minimum Gasteiger partial charge on any atom is -0.399 e. The summed E-state index contributed by atoms with van der Waals surface area (Å²) in [6, 6.07) is 5.90. The first kappa shape index (κ1) is 13.9. The van der Waals surface area contributed by atoms with E-state index >= 15 is 0 Å². The van der Waals surface area contributed by atoms with Crippen molar-refractivity contribution in [3.8, 4) is 0 Å². The Bertz CT molecular complexity index is 567. The number of nitrogens with two attached hydrogens (primary N) is 1. The minimum absolute atomic E-state index is 0.00000342. The Kier molecular flexibility index (Phi) is 3.80. The van der Waals surface area contributed by atoms with Gasteiger partial charge in [0.2, 0.25) is 0 Å². The van der Waals surface area contributed by atoms with Gasteiger partial charge in [0.25, 0.3) is 0 Å². The average Bonchev–Trinajstić information content (AvgIpc) is 2.67. The lowest BCUT2D eigenvalue weighted by molar-refractivity contribution is 0.138. The molecule has 1 aromatic heterocycles. The van der Waals surface area contributed by atoms with Gasteiger partial charge in [-0.15, -0.1) is 0 Å². The topological polar surface area (TPSA) is 53.1 Å². The van der Waals surface area contributed by atoms with Crippen LogP contribution in [-0.2, 0) is 16.7 Å². The van der Waals surface area contributed by atoms with Crippen molar-refractivity contribution in [3.63, 3.8) is 0 Å². The smallest absolute Gasteiger partial charge is 0.115 e. The molecule has 0 aliphatic carbocycles. The molecule has 0 fully saturated rings. The zero-order chi connectivity index (χ0) is 14.0. The molecule has 2 aromatic rings. The second kappa shape index (κ2) is 5.21. The summed E-state index contributed by atoms with van der Waals surface area (Å²) in [6.07, 6.45) is 0. The fourth-order valence-corrected chi connectivity index (χ4v) is 2.25. The Balaban J connectivity index is 2.49. The third kappa shape index (κ3) is 2.89. The molecule has 0 amide bonds. The van der Waals surface area contributed by atoms with Crippen LogP contribution >= 0.6 is 0 Å². The SMILES string of the molecule is CCOCCn1c(C(C)(C)C)nc2cc(N)ccc21. The van der Waals surface area contributed by atoms with Gasteiger partial charge in [0, 0.05) is 24.3 Å². The van der Waals surface area contributed by atoms with Crippen molar-refractivity contribution < 1.29 is 4.74 Å². The molecule has 0 aliphatic heterocycles. The van der Waals surface area contributed by atoms with Crippen LogP contribution in [-0.4, -0.2) is 22.8 Å². The normalized spacial score (nSPS) is 12.2. The summed E-state index contributed by atoms with van der Waals surface area (Å²) in [5.74, 6) is 1.08. The van der Waals surface area contributed by atoms with Crippen molar-refractivity contribution in [3.05, 3.63) is 24.0 Å². The Morgan fingerprint density at radius 1 is 1.32 bits per heavy atom. The van der Waals surface area contributed by atoms with Crippen LogP contribution in [0.25, 0.3) is 11.0 Å². The molecule has 0 aliphatic rings. The highest BCUT2D eigenvalue weighted by molar-refractivity contribution is 5.79. The maximum absolute atomic E-state index is 5.84. The monoisotopic (exact) mass is 261 g/mol. The predicted molar refractivity (Wildman–Crippen MR) is 79.3 cm³/mol. The number of anilines is 1. The second-order valence-corrected chi connectivity index (χ2v) is 5.78. The lowest BCUT2D eigenvalue weighted by Crippen LogP contribution is -2.20. The lowest BCUT2D eigenvalue weighted by Gasteiger charge is -2.20. The second-order valence-electron chi connectivity index (χ2n) is 5.78. The van der Waals surface area contributed by atoms with Crippen molar-refractivity contribution >= 4 is 16.7 Å². The van der Waals surface area contributed by atoms with Crippen molar-refractivity contribution in [2.45, 2.75) is 39.7 Å². The highest BCUT2D eigenvalue weighted by Gasteiger charge is 2.22. The van der Waals surface area contributed by atoms with Gasteiger partial charge >= 0.3 is 0 Å². The average molecular weight is 261 g/mol. The Morgan fingerprint density at radius 3 is 2.68 bits per heavy atom. The third-order valence-electron chi connectivity index (χ3n) is 3.11. The zero-order valence-corrected chi connectivity index (χ0v) is 12.2. The van der Waals surface area contributed by atoms with Crippen molar-refractivity contribution in [2.75, 3.05) is 18.9 Å². The molecule has 2 rings (SSSR count). The molecule has 0 bridgehead atoms. The molecule has 0 atom stereocenters. The third-order valence-corrected chi connectivity index (χ3v) is 3.11. The van der Waals surface area contributed by atoms with Gasteiger partial charge in [-0.25, -0.2) is 4.98 Å². The number of fused-ring (bicyclic) bond motifs is 1. The quantitative estimate of drug-likeness (QED) is 0.680. The van der Waals surface area contributed by atoms with Crippen LogP contribution < -0.4 is 5.73 Å². The van der Waals surface area contributed by atoms with Crippen molar-refractivity contribution in [2.24, 2.45) is 0 Å². The highest BCUT2D eigenvalue weighted by Crippen LogP contribution is 2.27. The van der Waals surface area contributed by atoms with Crippen LogP contribution in [0.2, 0.25) is 0 Å². The van der Waals surface area contributed by atoms with Crippen LogP contribution in [0.15, 0.2) is 18.2 Å². The first-order valence-corrected chi connectivity index (χ1v) is 6.77. The van der Waals surface area contributed by atoms with Gasteiger partial charge in [0.1, 0.15) is 5.82 Å². The molecule has 4 nitrogen and oxygen atoms in total. The van der Waals surface area contributed by atoms with Crippen LogP contribution in [0.5, 0.6) is 0 Å². The Hall–Kier alpha value is -1.55. The van der Waals surface area contributed by atoms with E-state index in [1.807, 2.05) is 25.1 Å².